The van der Waals surface area contributed by atoms with Crippen LogP contribution in [0.1, 0.15) is 12.5 Å². The van der Waals surface area contributed by atoms with Crippen LogP contribution in [0.15, 0.2) is 59.5 Å². The lowest BCUT2D eigenvalue weighted by molar-refractivity contribution is 0.559. The highest BCUT2D eigenvalue weighted by Gasteiger charge is 2.18. The standard InChI is InChI=1S/C17H22N2O2S/c1-14-8-7-11-17(12-14)22(20,21)18-15(2)13-19(3)16-9-5-4-6-10-16/h4-12,15,18H,13H2,1-3H3/t15-/m0/s1. The van der Waals surface area contributed by atoms with Crippen LogP contribution in [0.4, 0.5) is 5.69 Å². The number of nitrogens with zero attached hydrogens (tertiary/aromatic N) is 1. The minimum Gasteiger partial charge on any atom is -0.373 e. The molecular formula is C17H22N2O2S. The van der Waals surface area contributed by atoms with Crippen molar-refractivity contribution >= 4 is 15.7 Å². The number of sulfonamides is 1. The zero-order valence-electron chi connectivity index (χ0n) is 13.2. The Morgan fingerprint density at radius 1 is 1.09 bits per heavy atom. The van der Waals surface area contributed by atoms with Crippen molar-refractivity contribution in [1.82, 2.24) is 4.72 Å². The molecule has 22 heavy (non-hydrogen) atoms. The molecule has 2 aromatic rings. The van der Waals surface area contributed by atoms with Crippen LogP contribution < -0.4 is 9.62 Å². The highest BCUT2D eigenvalue weighted by atomic mass is 32.2. The van der Waals surface area contributed by atoms with Gasteiger partial charge in [0.1, 0.15) is 0 Å². The van der Waals surface area contributed by atoms with E-state index < -0.39 is 10.0 Å². The van der Waals surface area contributed by atoms with Crippen molar-refractivity contribution in [2.45, 2.75) is 24.8 Å². The molecule has 2 rings (SSSR count). The number of para-hydroxylation sites is 1. The lowest BCUT2D eigenvalue weighted by Crippen LogP contribution is -2.40. The molecule has 5 heteroatoms. The van der Waals surface area contributed by atoms with Crippen molar-refractivity contribution in [3.8, 4) is 0 Å². The molecule has 0 saturated heterocycles. The number of benzene rings is 2. The normalized spacial score (nSPS) is 12.9. The maximum Gasteiger partial charge on any atom is 0.240 e. The fourth-order valence-electron chi connectivity index (χ4n) is 2.35. The van der Waals surface area contributed by atoms with Crippen LogP contribution in [-0.4, -0.2) is 28.1 Å². The van der Waals surface area contributed by atoms with Crippen LogP contribution in [0.25, 0.3) is 0 Å². The number of nitrogens with one attached hydrogen (secondary N) is 1. The molecule has 118 valence electrons. The van der Waals surface area contributed by atoms with Crippen LogP contribution in [0.2, 0.25) is 0 Å². The lowest BCUT2D eigenvalue weighted by Gasteiger charge is -2.24. The quantitative estimate of drug-likeness (QED) is 0.891. The van der Waals surface area contributed by atoms with Crippen molar-refractivity contribution < 1.29 is 8.42 Å². The molecule has 1 atom stereocenters. The molecule has 0 saturated carbocycles. The highest BCUT2D eigenvalue weighted by molar-refractivity contribution is 7.89. The van der Waals surface area contributed by atoms with E-state index in [9.17, 15) is 8.42 Å². The molecule has 0 aromatic heterocycles. The van der Waals surface area contributed by atoms with Gasteiger partial charge in [0.15, 0.2) is 0 Å². The van der Waals surface area contributed by atoms with Crippen LogP contribution in [-0.2, 0) is 10.0 Å². The Kier molecular flexibility index (Phi) is 5.21. The smallest absolute Gasteiger partial charge is 0.240 e. The first-order valence-corrected chi connectivity index (χ1v) is 8.72. The minimum atomic E-state index is -3.49. The molecule has 0 radical (unpaired) electrons. The van der Waals surface area contributed by atoms with Gasteiger partial charge in [0.05, 0.1) is 4.90 Å². The second kappa shape index (κ2) is 6.94. The Hall–Kier alpha value is -1.85. The summed E-state index contributed by atoms with van der Waals surface area (Å²) in [5.74, 6) is 0. The number of likely N-dealkylation sites (N-methyl/N-ethyl adjacent to an activating group) is 1. The van der Waals surface area contributed by atoms with Gasteiger partial charge in [-0.3, -0.25) is 0 Å². The zero-order chi connectivity index (χ0) is 16.2. The summed E-state index contributed by atoms with van der Waals surface area (Å²) in [6.45, 7) is 4.34. The van der Waals surface area contributed by atoms with Crippen molar-refractivity contribution in [3.05, 3.63) is 60.2 Å². The summed E-state index contributed by atoms with van der Waals surface area (Å²) in [5.41, 5.74) is 1.99. The van der Waals surface area contributed by atoms with E-state index in [0.29, 0.717) is 11.4 Å². The van der Waals surface area contributed by atoms with Gasteiger partial charge < -0.3 is 4.90 Å². The second-order valence-electron chi connectivity index (χ2n) is 5.55. The van der Waals surface area contributed by atoms with E-state index in [1.54, 1.807) is 18.2 Å². The summed E-state index contributed by atoms with van der Waals surface area (Å²) < 4.78 is 27.5. The Labute approximate surface area is 132 Å². The lowest BCUT2D eigenvalue weighted by atomic mass is 10.2. The molecule has 0 aliphatic heterocycles. The van der Waals surface area contributed by atoms with Crippen LogP contribution >= 0.6 is 0 Å². The number of aryl methyl sites for hydroxylation is 1. The van der Waals surface area contributed by atoms with E-state index in [0.717, 1.165) is 11.3 Å². The molecule has 0 aliphatic rings. The third kappa shape index (κ3) is 4.32. The maximum absolute atomic E-state index is 12.4. The van der Waals surface area contributed by atoms with E-state index in [1.807, 2.05) is 62.2 Å². The van der Waals surface area contributed by atoms with Crippen LogP contribution in [0.3, 0.4) is 0 Å². The predicted octanol–water partition coefficient (Wildman–Crippen LogP) is 2.80. The summed E-state index contributed by atoms with van der Waals surface area (Å²) in [7, 11) is -1.54. The van der Waals surface area contributed by atoms with Gasteiger partial charge >= 0.3 is 0 Å². The van der Waals surface area contributed by atoms with E-state index >= 15 is 0 Å². The van der Waals surface area contributed by atoms with E-state index in [4.69, 9.17) is 0 Å². The van der Waals surface area contributed by atoms with Crippen molar-refractivity contribution in [1.29, 1.82) is 0 Å². The van der Waals surface area contributed by atoms with Gasteiger partial charge in [0, 0.05) is 25.3 Å². The Bertz CT molecular complexity index is 714. The summed E-state index contributed by atoms with van der Waals surface area (Å²) in [6, 6.07) is 16.6. The highest BCUT2D eigenvalue weighted by Crippen LogP contribution is 2.14. The van der Waals surface area contributed by atoms with Gasteiger partial charge in [-0.25, -0.2) is 13.1 Å². The molecule has 2 aromatic carbocycles. The summed E-state index contributed by atoms with van der Waals surface area (Å²) in [4.78, 5) is 2.34. The van der Waals surface area contributed by atoms with Gasteiger partial charge in [-0.1, -0.05) is 30.3 Å². The number of rotatable bonds is 6. The van der Waals surface area contributed by atoms with Crippen molar-refractivity contribution in [3.63, 3.8) is 0 Å². The van der Waals surface area contributed by atoms with E-state index in [1.165, 1.54) is 0 Å². The largest absolute Gasteiger partial charge is 0.373 e. The first-order valence-electron chi connectivity index (χ1n) is 7.23. The molecule has 0 bridgehead atoms. The minimum absolute atomic E-state index is 0.198. The van der Waals surface area contributed by atoms with Crippen molar-refractivity contribution in [2.75, 3.05) is 18.5 Å². The van der Waals surface area contributed by atoms with Crippen LogP contribution in [0, 0.1) is 6.92 Å². The maximum atomic E-state index is 12.4. The molecular weight excluding hydrogens is 296 g/mol. The fourth-order valence-corrected chi connectivity index (χ4v) is 3.69. The molecule has 0 spiro atoms. The Morgan fingerprint density at radius 2 is 1.77 bits per heavy atom. The van der Waals surface area contributed by atoms with Gasteiger partial charge in [0.25, 0.3) is 0 Å². The third-order valence-corrected chi connectivity index (χ3v) is 4.99. The van der Waals surface area contributed by atoms with Gasteiger partial charge in [0.2, 0.25) is 10.0 Å². The first kappa shape index (κ1) is 16.5. The Morgan fingerprint density at radius 3 is 2.41 bits per heavy atom. The fraction of sp³-hybridized carbons (Fsp3) is 0.294. The molecule has 0 amide bonds. The van der Waals surface area contributed by atoms with Crippen LogP contribution in [0.5, 0.6) is 0 Å². The topological polar surface area (TPSA) is 49.4 Å². The average molecular weight is 318 g/mol. The molecule has 0 fully saturated rings. The van der Waals surface area contributed by atoms with E-state index in [2.05, 4.69) is 4.72 Å². The molecule has 4 nitrogen and oxygen atoms in total. The van der Waals surface area contributed by atoms with Crippen molar-refractivity contribution in [2.24, 2.45) is 0 Å². The van der Waals surface area contributed by atoms with Gasteiger partial charge in [-0.15, -0.1) is 0 Å². The number of hydrogen-bond donors (Lipinski definition) is 1. The molecule has 1 N–H and O–H groups in total. The van der Waals surface area contributed by atoms with Gasteiger partial charge in [-0.2, -0.15) is 0 Å². The Balaban J connectivity index is 2.03. The molecule has 0 aliphatic carbocycles. The van der Waals surface area contributed by atoms with E-state index in [-0.39, 0.29) is 6.04 Å². The summed E-state index contributed by atoms with van der Waals surface area (Å²) >= 11 is 0. The monoisotopic (exact) mass is 318 g/mol. The number of anilines is 1. The summed E-state index contributed by atoms with van der Waals surface area (Å²) in [6.07, 6.45) is 0. The number of hydrogen-bond acceptors (Lipinski definition) is 3. The second-order valence-corrected chi connectivity index (χ2v) is 7.27. The average Bonchev–Trinajstić information content (AvgIpc) is 2.47. The predicted molar refractivity (Wildman–Crippen MR) is 90.7 cm³/mol. The molecule has 0 heterocycles. The summed E-state index contributed by atoms with van der Waals surface area (Å²) in [5, 5.41) is 0. The molecule has 0 unspecified atom stereocenters. The third-order valence-electron chi connectivity index (χ3n) is 3.40. The SMILES string of the molecule is Cc1cccc(S(=O)(=O)N[C@@H](C)CN(C)c2ccccc2)c1. The zero-order valence-corrected chi connectivity index (χ0v) is 14.0. The first-order chi connectivity index (χ1) is 10.4. The van der Waals surface area contributed by atoms with Gasteiger partial charge in [-0.05, 0) is 43.7 Å².